The van der Waals surface area contributed by atoms with Crippen LogP contribution >= 0.6 is 11.3 Å². The molecule has 0 fully saturated rings. The lowest BCUT2D eigenvalue weighted by Gasteiger charge is -2.08. The molecule has 148 valence electrons. The minimum atomic E-state index is 0.735. The summed E-state index contributed by atoms with van der Waals surface area (Å²) in [7, 11) is 0. The van der Waals surface area contributed by atoms with Gasteiger partial charge in [0.25, 0.3) is 0 Å². The van der Waals surface area contributed by atoms with Crippen molar-refractivity contribution in [2.75, 3.05) is 19.8 Å². The molecule has 3 nitrogen and oxygen atoms in total. The van der Waals surface area contributed by atoms with Crippen LogP contribution in [0.5, 0.6) is 17.2 Å². The van der Waals surface area contributed by atoms with Gasteiger partial charge in [0.2, 0.25) is 0 Å². The first-order valence-electron chi connectivity index (χ1n) is 9.95. The van der Waals surface area contributed by atoms with E-state index >= 15 is 0 Å². The molecule has 1 aromatic heterocycles. The Morgan fingerprint density at radius 3 is 2.07 bits per heavy atom. The molecule has 4 heteroatoms. The molecule has 0 radical (unpaired) electrons. The van der Waals surface area contributed by atoms with Crippen LogP contribution in [0.3, 0.4) is 0 Å². The molecule has 1 heterocycles. The monoisotopic (exact) mass is 396 g/mol. The maximum Gasteiger partial charge on any atom is 0.141 e. The van der Waals surface area contributed by atoms with Crippen molar-refractivity contribution in [1.29, 1.82) is 0 Å². The predicted molar refractivity (Wildman–Crippen MR) is 116 cm³/mol. The van der Waals surface area contributed by atoms with E-state index in [0.717, 1.165) is 56.3 Å². The summed E-state index contributed by atoms with van der Waals surface area (Å²) in [5.74, 6) is 2.77. The number of hydrogen-bond acceptors (Lipinski definition) is 4. The number of rotatable bonds is 13. The van der Waals surface area contributed by atoms with Crippen molar-refractivity contribution >= 4 is 11.3 Å². The summed E-state index contributed by atoms with van der Waals surface area (Å²) >= 11 is 1.67. The SMILES string of the molecule is c1ccc(OCCCCCCOCCc2cscc2Oc2ccccc2)cc1. The molecule has 0 saturated carbocycles. The first kappa shape index (κ1) is 20.4. The van der Waals surface area contributed by atoms with E-state index in [9.17, 15) is 0 Å². The molecule has 0 atom stereocenters. The average molecular weight is 397 g/mol. The van der Waals surface area contributed by atoms with Gasteiger partial charge in [0.15, 0.2) is 0 Å². The average Bonchev–Trinajstić information content (AvgIpc) is 3.18. The second-order valence-electron chi connectivity index (χ2n) is 6.61. The van der Waals surface area contributed by atoms with Gasteiger partial charge in [-0.05, 0) is 48.9 Å². The fraction of sp³-hybridized carbons (Fsp3) is 0.333. The van der Waals surface area contributed by atoms with Gasteiger partial charge >= 0.3 is 0 Å². The standard InChI is InChI=1S/C24H28O3S/c1(2-10-17-26-22-11-5-3-6-12-22)9-16-25-18-15-21-19-28-20-24(21)27-23-13-7-4-8-14-23/h3-8,11-14,19-20H,1-2,9-10,15-18H2. The molecule has 0 saturated heterocycles. The molecule has 0 bridgehead atoms. The summed E-state index contributed by atoms with van der Waals surface area (Å²) in [4.78, 5) is 0. The molecule has 0 aliphatic heterocycles. The van der Waals surface area contributed by atoms with Crippen LogP contribution in [-0.2, 0) is 11.2 Å². The van der Waals surface area contributed by atoms with Gasteiger partial charge in [-0.1, -0.05) is 42.8 Å². The van der Waals surface area contributed by atoms with Crippen molar-refractivity contribution in [2.45, 2.75) is 32.1 Å². The molecule has 0 N–H and O–H groups in total. The zero-order valence-corrected chi connectivity index (χ0v) is 17.0. The van der Waals surface area contributed by atoms with Crippen molar-refractivity contribution in [1.82, 2.24) is 0 Å². The van der Waals surface area contributed by atoms with Crippen LogP contribution in [0.2, 0.25) is 0 Å². The Balaban J connectivity index is 1.21. The molecule has 3 aromatic rings. The van der Waals surface area contributed by atoms with Gasteiger partial charge in [0.05, 0.1) is 13.2 Å². The van der Waals surface area contributed by atoms with Gasteiger partial charge in [-0.3, -0.25) is 0 Å². The van der Waals surface area contributed by atoms with Gasteiger partial charge in [-0.2, -0.15) is 0 Å². The van der Waals surface area contributed by atoms with Crippen LogP contribution in [0.4, 0.5) is 0 Å². The van der Waals surface area contributed by atoms with Crippen LogP contribution in [0, 0.1) is 0 Å². The summed E-state index contributed by atoms with van der Waals surface area (Å²) in [6.45, 7) is 2.34. The highest BCUT2D eigenvalue weighted by Crippen LogP contribution is 2.29. The van der Waals surface area contributed by atoms with Crippen LogP contribution < -0.4 is 9.47 Å². The molecule has 28 heavy (non-hydrogen) atoms. The first-order chi connectivity index (χ1) is 13.9. The number of para-hydroxylation sites is 2. The van der Waals surface area contributed by atoms with E-state index in [1.54, 1.807) is 11.3 Å². The molecular weight excluding hydrogens is 368 g/mol. The maximum absolute atomic E-state index is 5.96. The van der Waals surface area contributed by atoms with Crippen molar-refractivity contribution in [2.24, 2.45) is 0 Å². The second-order valence-corrected chi connectivity index (χ2v) is 7.36. The van der Waals surface area contributed by atoms with Crippen molar-refractivity contribution < 1.29 is 14.2 Å². The van der Waals surface area contributed by atoms with Gasteiger partial charge in [-0.25, -0.2) is 0 Å². The topological polar surface area (TPSA) is 27.7 Å². The smallest absolute Gasteiger partial charge is 0.141 e. The summed E-state index contributed by atoms with van der Waals surface area (Å²) in [6, 6.07) is 19.9. The van der Waals surface area contributed by atoms with Crippen molar-refractivity contribution in [3.63, 3.8) is 0 Å². The lowest BCUT2D eigenvalue weighted by atomic mass is 10.2. The third-order valence-corrected chi connectivity index (χ3v) is 5.15. The Morgan fingerprint density at radius 2 is 1.32 bits per heavy atom. The third-order valence-electron chi connectivity index (χ3n) is 4.38. The van der Waals surface area contributed by atoms with Gasteiger partial charge < -0.3 is 14.2 Å². The van der Waals surface area contributed by atoms with Gasteiger partial charge in [0.1, 0.15) is 17.2 Å². The summed E-state index contributed by atoms with van der Waals surface area (Å²) in [6.07, 6.45) is 5.43. The highest BCUT2D eigenvalue weighted by Gasteiger charge is 2.06. The van der Waals surface area contributed by atoms with E-state index in [1.165, 1.54) is 18.4 Å². The van der Waals surface area contributed by atoms with E-state index in [0.29, 0.717) is 0 Å². The minimum absolute atomic E-state index is 0.735. The van der Waals surface area contributed by atoms with E-state index in [4.69, 9.17) is 14.2 Å². The van der Waals surface area contributed by atoms with Crippen molar-refractivity contribution in [3.05, 3.63) is 77.0 Å². The second kappa shape index (κ2) is 12.2. The minimum Gasteiger partial charge on any atom is -0.494 e. The Kier molecular flexibility index (Phi) is 8.92. The fourth-order valence-corrected chi connectivity index (χ4v) is 3.64. The summed E-state index contributed by atoms with van der Waals surface area (Å²) < 4.78 is 17.5. The van der Waals surface area contributed by atoms with E-state index in [1.807, 2.05) is 60.7 Å². The van der Waals surface area contributed by atoms with E-state index in [2.05, 4.69) is 10.8 Å². The largest absolute Gasteiger partial charge is 0.494 e. The highest BCUT2D eigenvalue weighted by atomic mass is 32.1. The molecule has 0 amide bonds. The molecule has 0 unspecified atom stereocenters. The molecule has 2 aromatic carbocycles. The summed E-state index contributed by atoms with van der Waals surface area (Å²) in [5.41, 5.74) is 1.21. The zero-order valence-electron chi connectivity index (χ0n) is 16.2. The normalized spacial score (nSPS) is 10.7. The Morgan fingerprint density at radius 1 is 0.643 bits per heavy atom. The Hall–Kier alpha value is -2.30. The van der Waals surface area contributed by atoms with Gasteiger partial charge in [-0.15, -0.1) is 11.3 Å². The van der Waals surface area contributed by atoms with E-state index < -0.39 is 0 Å². The Labute approximate surface area is 171 Å². The number of ether oxygens (including phenoxy) is 3. The summed E-state index contributed by atoms with van der Waals surface area (Å²) in [5, 5.41) is 4.20. The molecule has 0 aliphatic rings. The number of benzene rings is 2. The fourth-order valence-electron chi connectivity index (χ4n) is 2.85. The Bertz CT molecular complexity index is 771. The predicted octanol–water partition coefficient (Wildman–Crippen LogP) is 6.74. The van der Waals surface area contributed by atoms with E-state index in [-0.39, 0.29) is 0 Å². The molecule has 0 aliphatic carbocycles. The van der Waals surface area contributed by atoms with Crippen LogP contribution in [-0.4, -0.2) is 19.8 Å². The zero-order chi connectivity index (χ0) is 19.3. The number of thiophene rings is 1. The van der Waals surface area contributed by atoms with Crippen LogP contribution in [0.25, 0.3) is 0 Å². The lowest BCUT2D eigenvalue weighted by molar-refractivity contribution is 0.132. The van der Waals surface area contributed by atoms with Gasteiger partial charge in [0, 0.05) is 24.0 Å². The van der Waals surface area contributed by atoms with Crippen LogP contribution in [0.15, 0.2) is 71.4 Å². The molecule has 3 rings (SSSR count). The highest BCUT2D eigenvalue weighted by molar-refractivity contribution is 7.08. The quantitative estimate of drug-likeness (QED) is 0.299. The first-order valence-corrected chi connectivity index (χ1v) is 10.9. The van der Waals surface area contributed by atoms with Crippen molar-refractivity contribution in [3.8, 4) is 17.2 Å². The lowest BCUT2D eigenvalue weighted by Crippen LogP contribution is -2.01. The number of unbranched alkanes of at least 4 members (excludes halogenated alkanes) is 3. The molecular formula is C24H28O3S. The number of hydrogen-bond donors (Lipinski definition) is 0. The third kappa shape index (κ3) is 7.37. The molecule has 0 spiro atoms. The maximum atomic E-state index is 5.96. The van der Waals surface area contributed by atoms with Crippen LogP contribution in [0.1, 0.15) is 31.2 Å².